The highest BCUT2D eigenvalue weighted by atomic mass is 16.5. The van der Waals surface area contributed by atoms with Gasteiger partial charge in [0.1, 0.15) is 0 Å². The van der Waals surface area contributed by atoms with Crippen LogP contribution in [-0.4, -0.2) is 21.0 Å². The molecule has 0 fully saturated rings. The van der Waals surface area contributed by atoms with Gasteiger partial charge in [-0.2, -0.15) is 0 Å². The third kappa shape index (κ3) is 2.90. The molecule has 6 nitrogen and oxygen atoms in total. The normalized spacial score (nSPS) is 16.5. The predicted molar refractivity (Wildman–Crippen MR) is 112 cm³/mol. The maximum absolute atomic E-state index is 13.4. The third-order valence-electron chi connectivity index (χ3n) is 5.89. The number of carbonyl (C=O) groups excluding carboxylic acids is 1. The Morgan fingerprint density at radius 2 is 2.14 bits per heavy atom. The number of hydrogen-bond acceptors (Lipinski definition) is 4. The van der Waals surface area contributed by atoms with Gasteiger partial charge in [0.2, 0.25) is 0 Å². The van der Waals surface area contributed by atoms with Crippen molar-refractivity contribution in [3.63, 3.8) is 0 Å². The molecular weight excluding hydrogens is 364 g/mol. The zero-order valence-corrected chi connectivity index (χ0v) is 16.9. The zero-order chi connectivity index (χ0) is 20.1. The highest BCUT2D eigenvalue weighted by molar-refractivity contribution is 6.06. The number of fused-ring (bicyclic) bond motifs is 4. The Morgan fingerprint density at radius 3 is 2.97 bits per heavy atom. The van der Waals surface area contributed by atoms with Gasteiger partial charge >= 0.3 is 0 Å². The molecule has 0 unspecified atom stereocenters. The van der Waals surface area contributed by atoms with Crippen LogP contribution in [0.25, 0.3) is 22.0 Å². The van der Waals surface area contributed by atoms with E-state index in [2.05, 4.69) is 52.5 Å². The standard InChI is InChI=1S/C23H24N4O2/c1-12(2)19-11-16(20-13(3)27-29-23(20)26-19)22(28)25-18-10-6-8-15-14-7-4-5-9-17(14)24-21(15)18/h4-5,7,9,11-12,18,24H,6,8,10H2,1-3H3,(H,25,28)/t18-/m0/s1. The van der Waals surface area contributed by atoms with Gasteiger partial charge in [0, 0.05) is 22.3 Å². The Balaban J connectivity index is 1.54. The average molecular weight is 388 g/mol. The second-order valence-electron chi connectivity index (χ2n) is 8.18. The highest BCUT2D eigenvalue weighted by Gasteiger charge is 2.27. The number of nitrogens with zero attached hydrogens (tertiary/aromatic N) is 2. The summed E-state index contributed by atoms with van der Waals surface area (Å²) >= 11 is 0. The van der Waals surface area contributed by atoms with Crippen LogP contribution in [0.1, 0.15) is 71.7 Å². The topological polar surface area (TPSA) is 83.8 Å². The quantitative estimate of drug-likeness (QED) is 0.520. The van der Waals surface area contributed by atoms with E-state index < -0.39 is 0 Å². The van der Waals surface area contributed by atoms with E-state index in [4.69, 9.17) is 4.52 Å². The summed E-state index contributed by atoms with van der Waals surface area (Å²) in [6.07, 6.45) is 3.00. The maximum Gasteiger partial charge on any atom is 0.259 e. The molecule has 0 saturated carbocycles. The fraction of sp³-hybridized carbons (Fsp3) is 0.348. The van der Waals surface area contributed by atoms with Crippen molar-refractivity contribution in [1.29, 1.82) is 0 Å². The lowest BCUT2D eigenvalue weighted by atomic mass is 9.91. The van der Waals surface area contributed by atoms with Crippen molar-refractivity contribution in [2.24, 2.45) is 0 Å². The molecule has 1 atom stereocenters. The van der Waals surface area contributed by atoms with Gasteiger partial charge in [-0.25, -0.2) is 4.98 Å². The van der Waals surface area contributed by atoms with E-state index in [1.807, 2.05) is 19.1 Å². The first kappa shape index (κ1) is 17.9. The first-order chi connectivity index (χ1) is 14.0. The number of para-hydroxylation sites is 1. The van der Waals surface area contributed by atoms with Crippen LogP contribution in [0.5, 0.6) is 0 Å². The molecular formula is C23H24N4O2. The molecule has 0 spiro atoms. The summed E-state index contributed by atoms with van der Waals surface area (Å²) in [6.45, 7) is 5.95. The van der Waals surface area contributed by atoms with E-state index in [1.54, 1.807) is 0 Å². The first-order valence-electron chi connectivity index (χ1n) is 10.2. The largest absolute Gasteiger partial charge is 0.356 e. The Labute approximate surface area is 168 Å². The van der Waals surface area contributed by atoms with Crippen LogP contribution < -0.4 is 5.32 Å². The molecule has 1 amide bonds. The number of nitrogens with one attached hydrogen (secondary N) is 2. The van der Waals surface area contributed by atoms with Crippen molar-refractivity contribution in [2.45, 2.75) is 52.0 Å². The Morgan fingerprint density at radius 1 is 1.31 bits per heavy atom. The molecule has 1 aliphatic rings. The number of aromatic nitrogens is 3. The zero-order valence-electron chi connectivity index (χ0n) is 16.9. The molecule has 148 valence electrons. The molecule has 0 saturated heterocycles. The minimum Gasteiger partial charge on any atom is -0.356 e. The van der Waals surface area contributed by atoms with Crippen molar-refractivity contribution in [3.05, 3.63) is 58.5 Å². The molecule has 2 N–H and O–H groups in total. The van der Waals surface area contributed by atoms with E-state index in [-0.39, 0.29) is 17.9 Å². The molecule has 0 aliphatic heterocycles. The van der Waals surface area contributed by atoms with Crippen LogP contribution in [-0.2, 0) is 6.42 Å². The lowest BCUT2D eigenvalue weighted by molar-refractivity contribution is 0.0933. The second kappa shape index (κ2) is 6.72. The highest BCUT2D eigenvalue weighted by Crippen LogP contribution is 2.35. The summed E-state index contributed by atoms with van der Waals surface area (Å²) in [6, 6.07) is 10.2. The molecule has 0 radical (unpaired) electrons. The van der Waals surface area contributed by atoms with Crippen molar-refractivity contribution >= 4 is 27.9 Å². The van der Waals surface area contributed by atoms with Crippen molar-refractivity contribution in [3.8, 4) is 0 Å². The summed E-state index contributed by atoms with van der Waals surface area (Å²) in [5, 5.41) is 9.24. The monoisotopic (exact) mass is 388 g/mol. The molecule has 5 rings (SSSR count). The van der Waals surface area contributed by atoms with Gasteiger partial charge in [-0.15, -0.1) is 0 Å². The number of carbonyl (C=O) groups is 1. The third-order valence-corrected chi connectivity index (χ3v) is 5.89. The molecule has 29 heavy (non-hydrogen) atoms. The summed E-state index contributed by atoms with van der Waals surface area (Å²) in [7, 11) is 0. The van der Waals surface area contributed by atoms with E-state index in [0.29, 0.717) is 22.4 Å². The van der Waals surface area contributed by atoms with Crippen LogP contribution in [0, 0.1) is 6.92 Å². The van der Waals surface area contributed by atoms with Gasteiger partial charge in [-0.1, -0.05) is 37.2 Å². The fourth-order valence-electron chi connectivity index (χ4n) is 4.38. The number of pyridine rings is 1. The van der Waals surface area contributed by atoms with Crippen LogP contribution in [0.3, 0.4) is 0 Å². The lowest BCUT2D eigenvalue weighted by Crippen LogP contribution is -2.31. The van der Waals surface area contributed by atoms with Crippen LogP contribution >= 0.6 is 0 Å². The molecule has 1 aromatic carbocycles. The number of aromatic amines is 1. The van der Waals surface area contributed by atoms with Gasteiger partial charge in [0.05, 0.1) is 22.7 Å². The maximum atomic E-state index is 13.4. The Hall–Kier alpha value is -3.15. The van der Waals surface area contributed by atoms with Crippen molar-refractivity contribution < 1.29 is 9.32 Å². The fourth-order valence-corrected chi connectivity index (χ4v) is 4.38. The van der Waals surface area contributed by atoms with Crippen LogP contribution in [0.4, 0.5) is 0 Å². The van der Waals surface area contributed by atoms with Gasteiger partial charge in [-0.3, -0.25) is 4.79 Å². The summed E-state index contributed by atoms with van der Waals surface area (Å²) in [5.41, 5.74) is 6.09. The SMILES string of the molecule is Cc1noc2nc(C(C)C)cc(C(=O)N[C@H]3CCCc4c3[nH]c3ccccc43)c12. The Bertz CT molecular complexity index is 1230. The predicted octanol–water partition coefficient (Wildman–Crippen LogP) is 4.94. The number of H-pyrrole nitrogens is 1. The number of benzene rings is 1. The molecule has 3 aromatic heterocycles. The van der Waals surface area contributed by atoms with Crippen LogP contribution in [0.2, 0.25) is 0 Å². The minimum absolute atomic E-state index is 0.0375. The number of rotatable bonds is 3. The van der Waals surface area contributed by atoms with Gasteiger partial charge in [-0.05, 0) is 49.8 Å². The summed E-state index contributed by atoms with van der Waals surface area (Å²) in [5.74, 6) is 0.0773. The summed E-state index contributed by atoms with van der Waals surface area (Å²) in [4.78, 5) is 21.4. The molecule has 6 heteroatoms. The minimum atomic E-state index is -0.109. The van der Waals surface area contributed by atoms with Crippen LogP contribution in [0.15, 0.2) is 34.9 Å². The first-order valence-corrected chi connectivity index (χ1v) is 10.2. The van der Waals surface area contributed by atoms with Gasteiger partial charge in [0.25, 0.3) is 11.6 Å². The number of amides is 1. The van der Waals surface area contributed by atoms with E-state index in [9.17, 15) is 4.79 Å². The van der Waals surface area contributed by atoms with Gasteiger partial charge in [0.15, 0.2) is 0 Å². The van der Waals surface area contributed by atoms with Gasteiger partial charge < -0.3 is 14.8 Å². The Kier molecular flexibility index (Phi) is 4.15. The van der Waals surface area contributed by atoms with E-state index in [0.717, 1.165) is 36.2 Å². The smallest absolute Gasteiger partial charge is 0.259 e. The summed E-state index contributed by atoms with van der Waals surface area (Å²) < 4.78 is 5.37. The molecule has 1 aliphatic carbocycles. The number of hydrogen-bond donors (Lipinski definition) is 2. The average Bonchev–Trinajstić information content (AvgIpc) is 3.29. The molecule has 4 aromatic rings. The number of aryl methyl sites for hydroxylation is 2. The second-order valence-corrected chi connectivity index (χ2v) is 8.18. The molecule has 0 bridgehead atoms. The molecule has 3 heterocycles. The van der Waals surface area contributed by atoms with E-state index in [1.165, 1.54) is 10.9 Å². The van der Waals surface area contributed by atoms with Crippen molar-refractivity contribution in [2.75, 3.05) is 0 Å². The lowest BCUT2D eigenvalue weighted by Gasteiger charge is -2.24. The van der Waals surface area contributed by atoms with Crippen molar-refractivity contribution in [1.82, 2.24) is 20.4 Å². The van der Waals surface area contributed by atoms with E-state index >= 15 is 0 Å².